The number of para-hydroxylation sites is 1. The molecule has 110 valence electrons. The van der Waals surface area contributed by atoms with E-state index in [1.165, 1.54) is 31.5 Å². The summed E-state index contributed by atoms with van der Waals surface area (Å²) in [5, 5.41) is 3.91. The van der Waals surface area contributed by atoms with Crippen molar-refractivity contribution in [2.75, 3.05) is 26.2 Å². The van der Waals surface area contributed by atoms with Crippen LogP contribution in [0.4, 0.5) is 0 Å². The topological polar surface area (TPSA) is 24.5 Å². The number of ether oxygens (including phenoxy) is 1. The normalized spacial score (nSPS) is 30.6. The second-order valence-electron chi connectivity index (χ2n) is 6.20. The largest absolute Gasteiger partial charge is 0.493 e. The molecule has 0 spiro atoms. The van der Waals surface area contributed by atoms with Gasteiger partial charge in [-0.05, 0) is 32.0 Å². The molecule has 20 heavy (non-hydrogen) atoms. The van der Waals surface area contributed by atoms with Crippen LogP contribution in [0, 0.1) is 5.92 Å². The first-order valence-corrected chi connectivity index (χ1v) is 7.98. The van der Waals surface area contributed by atoms with E-state index in [0.29, 0.717) is 18.0 Å². The average Bonchev–Trinajstić information content (AvgIpc) is 2.50. The Morgan fingerprint density at radius 1 is 1.35 bits per heavy atom. The smallest absolute Gasteiger partial charge is 0.124 e. The third kappa shape index (κ3) is 2.84. The number of nitrogens with zero attached hydrogens (tertiary/aromatic N) is 1. The lowest BCUT2D eigenvalue weighted by Gasteiger charge is -2.38. The Morgan fingerprint density at radius 2 is 2.20 bits per heavy atom. The van der Waals surface area contributed by atoms with Gasteiger partial charge in [-0.15, -0.1) is 0 Å². The minimum Gasteiger partial charge on any atom is -0.493 e. The number of nitrogens with one attached hydrogen (secondary N) is 1. The molecule has 0 saturated carbocycles. The molecule has 0 aliphatic carbocycles. The Bertz CT molecular complexity index is 448. The van der Waals surface area contributed by atoms with E-state index in [1.54, 1.807) is 0 Å². The molecule has 1 aromatic rings. The summed E-state index contributed by atoms with van der Waals surface area (Å²) in [6.45, 7) is 8.97. The van der Waals surface area contributed by atoms with E-state index in [2.05, 4.69) is 48.3 Å². The van der Waals surface area contributed by atoms with Gasteiger partial charge in [0, 0.05) is 30.1 Å². The number of benzene rings is 1. The molecule has 3 unspecified atom stereocenters. The summed E-state index contributed by atoms with van der Waals surface area (Å²) < 4.78 is 5.85. The maximum atomic E-state index is 5.85. The predicted molar refractivity (Wildman–Crippen MR) is 82.1 cm³/mol. The van der Waals surface area contributed by atoms with Crippen molar-refractivity contribution in [3.05, 3.63) is 29.8 Å². The zero-order valence-electron chi connectivity index (χ0n) is 12.6. The molecule has 1 aromatic carbocycles. The van der Waals surface area contributed by atoms with Crippen molar-refractivity contribution < 1.29 is 4.74 Å². The van der Waals surface area contributed by atoms with Crippen LogP contribution in [-0.2, 0) is 0 Å². The van der Waals surface area contributed by atoms with Gasteiger partial charge >= 0.3 is 0 Å². The van der Waals surface area contributed by atoms with Crippen molar-refractivity contribution in [1.82, 2.24) is 10.2 Å². The van der Waals surface area contributed by atoms with Crippen molar-refractivity contribution >= 4 is 0 Å². The molecule has 3 nitrogen and oxygen atoms in total. The van der Waals surface area contributed by atoms with Crippen LogP contribution in [0.1, 0.15) is 38.3 Å². The van der Waals surface area contributed by atoms with E-state index in [-0.39, 0.29) is 0 Å². The predicted octanol–water partition coefficient (Wildman–Crippen LogP) is 2.83. The minimum atomic E-state index is 0.432. The second-order valence-corrected chi connectivity index (χ2v) is 6.20. The molecule has 1 fully saturated rings. The third-order valence-electron chi connectivity index (χ3n) is 4.69. The lowest BCUT2D eigenvalue weighted by molar-refractivity contribution is 0.147. The lowest BCUT2D eigenvalue weighted by atomic mass is 9.90. The van der Waals surface area contributed by atoms with Crippen molar-refractivity contribution in [2.45, 2.75) is 38.8 Å². The second kappa shape index (κ2) is 6.15. The Morgan fingerprint density at radius 3 is 3.05 bits per heavy atom. The minimum absolute atomic E-state index is 0.432. The van der Waals surface area contributed by atoms with Gasteiger partial charge in [0.2, 0.25) is 0 Å². The number of piperidine rings is 1. The number of hydrogen-bond acceptors (Lipinski definition) is 3. The summed E-state index contributed by atoms with van der Waals surface area (Å²) >= 11 is 0. The van der Waals surface area contributed by atoms with Gasteiger partial charge in [-0.3, -0.25) is 0 Å². The molecular weight excluding hydrogens is 248 g/mol. The zero-order chi connectivity index (χ0) is 13.9. The molecule has 3 atom stereocenters. The van der Waals surface area contributed by atoms with Crippen LogP contribution in [0.5, 0.6) is 5.75 Å². The van der Waals surface area contributed by atoms with Crippen molar-refractivity contribution in [2.24, 2.45) is 5.92 Å². The molecule has 1 N–H and O–H groups in total. The van der Waals surface area contributed by atoms with Crippen LogP contribution in [0.25, 0.3) is 0 Å². The van der Waals surface area contributed by atoms with E-state index in [0.717, 1.165) is 18.9 Å². The van der Waals surface area contributed by atoms with Crippen LogP contribution >= 0.6 is 0 Å². The van der Waals surface area contributed by atoms with Crippen LogP contribution in [0.3, 0.4) is 0 Å². The Balaban J connectivity index is 1.73. The molecule has 2 aliphatic heterocycles. The molecule has 0 radical (unpaired) electrons. The maximum Gasteiger partial charge on any atom is 0.124 e. The van der Waals surface area contributed by atoms with Gasteiger partial charge in [-0.2, -0.15) is 0 Å². The third-order valence-corrected chi connectivity index (χ3v) is 4.69. The molecule has 2 heterocycles. The first-order chi connectivity index (χ1) is 9.78. The summed E-state index contributed by atoms with van der Waals surface area (Å²) in [5.74, 6) is 1.59. The van der Waals surface area contributed by atoms with Gasteiger partial charge in [0.05, 0.1) is 6.61 Å². The molecule has 0 bridgehead atoms. The molecule has 3 heteroatoms. The fourth-order valence-electron chi connectivity index (χ4n) is 3.48. The maximum absolute atomic E-state index is 5.85. The Kier molecular flexibility index (Phi) is 4.27. The van der Waals surface area contributed by atoms with Gasteiger partial charge in [-0.1, -0.05) is 32.0 Å². The highest BCUT2D eigenvalue weighted by Crippen LogP contribution is 2.35. The molecule has 0 amide bonds. The quantitative estimate of drug-likeness (QED) is 0.917. The molecule has 1 saturated heterocycles. The van der Waals surface area contributed by atoms with E-state index >= 15 is 0 Å². The molecule has 3 rings (SSSR count). The van der Waals surface area contributed by atoms with E-state index in [9.17, 15) is 0 Å². The number of hydrogen-bond donors (Lipinski definition) is 1. The monoisotopic (exact) mass is 274 g/mol. The fourth-order valence-corrected chi connectivity index (χ4v) is 3.48. The fraction of sp³-hybridized carbons (Fsp3) is 0.647. The van der Waals surface area contributed by atoms with Gasteiger partial charge in [-0.25, -0.2) is 0 Å². The summed E-state index contributed by atoms with van der Waals surface area (Å²) in [5.41, 5.74) is 1.33. The van der Waals surface area contributed by atoms with Crippen molar-refractivity contribution in [3.63, 3.8) is 0 Å². The average molecular weight is 274 g/mol. The number of likely N-dealkylation sites (N-methyl/N-ethyl adjacent to an activating group) is 1. The first kappa shape index (κ1) is 13.9. The van der Waals surface area contributed by atoms with Gasteiger partial charge in [0.25, 0.3) is 0 Å². The van der Waals surface area contributed by atoms with E-state index in [4.69, 9.17) is 4.74 Å². The van der Waals surface area contributed by atoms with Crippen LogP contribution in [0.15, 0.2) is 24.3 Å². The highest BCUT2D eigenvalue weighted by molar-refractivity contribution is 5.38. The van der Waals surface area contributed by atoms with Crippen LogP contribution < -0.4 is 10.1 Å². The SMILES string of the molecule is CCN1CCCC(NC2c3ccccc3OCC2C)C1. The molecule has 2 aliphatic rings. The van der Waals surface area contributed by atoms with Crippen LogP contribution in [-0.4, -0.2) is 37.2 Å². The molecular formula is C17H26N2O. The van der Waals surface area contributed by atoms with E-state index < -0.39 is 0 Å². The standard InChI is InChI=1S/C17H26N2O/c1-3-19-10-6-7-14(11-19)18-17-13(2)12-20-16-9-5-4-8-15(16)17/h4-5,8-9,13-14,17-18H,3,6-7,10-12H2,1-2H3. The number of fused-ring (bicyclic) bond motifs is 1. The highest BCUT2D eigenvalue weighted by Gasteiger charge is 2.30. The lowest BCUT2D eigenvalue weighted by Crippen LogP contribution is -2.48. The van der Waals surface area contributed by atoms with Crippen LogP contribution in [0.2, 0.25) is 0 Å². The van der Waals surface area contributed by atoms with Crippen molar-refractivity contribution in [1.29, 1.82) is 0 Å². The van der Waals surface area contributed by atoms with Gasteiger partial charge in [0.1, 0.15) is 5.75 Å². The summed E-state index contributed by atoms with van der Waals surface area (Å²) in [7, 11) is 0. The zero-order valence-corrected chi connectivity index (χ0v) is 12.6. The Hall–Kier alpha value is -1.06. The Labute approximate surface area is 122 Å². The molecule has 0 aromatic heterocycles. The van der Waals surface area contributed by atoms with E-state index in [1.807, 2.05) is 0 Å². The van der Waals surface area contributed by atoms with Gasteiger partial charge in [0.15, 0.2) is 0 Å². The number of likely N-dealkylation sites (tertiary alicyclic amines) is 1. The highest BCUT2D eigenvalue weighted by atomic mass is 16.5. The van der Waals surface area contributed by atoms with Gasteiger partial charge < -0.3 is 15.0 Å². The summed E-state index contributed by atoms with van der Waals surface area (Å²) in [6.07, 6.45) is 2.60. The van der Waals surface area contributed by atoms with Crippen molar-refractivity contribution in [3.8, 4) is 5.75 Å². The first-order valence-electron chi connectivity index (χ1n) is 7.98. The number of rotatable bonds is 3. The summed E-state index contributed by atoms with van der Waals surface area (Å²) in [6, 6.07) is 9.53. The summed E-state index contributed by atoms with van der Waals surface area (Å²) in [4.78, 5) is 2.55.